The summed E-state index contributed by atoms with van der Waals surface area (Å²) < 4.78 is 11.4. The van der Waals surface area contributed by atoms with Crippen molar-refractivity contribution in [2.75, 3.05) is 6.61 Å². The van der Waals surface area contributed by atoms with E-state index in [1.165, 1.54) is 10.9 Å². The normalized spacial score (nSPS) is 21.1. The maximum Gasteiger partial charge on any atom is 0.134 e. The standard InChI is InChI=1S/C12H12O2/c1-8-12-9-4-2-3-5-10(9)14-11(12)6-7-13-8/h2-5,8H,6-7H2,1H3. The quantitative estimate of drug-likeness (QED) is 0.634. The van der Waals surface area contributed by atoms with Crippen LogP contribution in [0, 0.1) is 0 Å². The van der Waals surface area contributed by atoms with Crippen molar-refractivity contribution in [2.24, 2.45) is 0 Å². The van der Waals surface area contributed by atoms with Gasteiger partial charge in [-0.05, 0) is 13.0 Å². The molecule has 0 N–H and O–H groups in total. The van der Waals surface area contributed by atoms with Gasteiger partial charge in [0.05, 0.1) is 12.7 Å². The largest absolute Gasteiger partial charge is 0.461 e. The van der Waals surface area contributed by atoms with Crippen LogP contribution in [0.25, 0.3) is 11.0 Å². The average molecular weight is 188 g/mol. The molecule has 0 radical (unpaired) electrons. The molecular formula is C12H12O2. The van der Waals surface area contributed by atoms with Gasteiger partial charge < -0.3 is 9.15 Å². The van der Waals surface area contributed by atoms with Gasteiger partial charge in [-0.25, -0.2) is 0 Å². The van der Waals surface area contributed by atoms with Crippen LogP contribution >= 0.6 is 0 Å². The van der Waals surface area contributed by atoms with E-state index in [4.69, 9.17) is 9.15 Å². The van der Waals surface area contributed by atoms with Crippen LogP contribution in [0.5, 0.6) is 0 Å². The van der Waals surface area contributed by atoms with Crippen molar-refractivity contribution in [3.63, 3.8) is 0 Å². The SMILES string of the molecule is CC1OCCc2oc3ccccc3c21. The third-order valence-corrected chi connectivity index (χ3v) is 2.81. The zero-order chi connectivity index (χ0) is 9.54. The fourth-order valence-electron chi connectivity index (χ4n) is 2.16. The summed E-state index contributed by atoms with van der Waals surface area (Å²) in [5.74, 6) is 1.10. The Morgan fingerprint density at radius 1 is 1.29 bits per heavy atom. The van der Waals surface area contributed by atoms with Crippen LogP contribution in [0.1, 0.15) is 24.4 Å². The number of hydrogen-bond donors (Lipinski definition) is 0. The minimum absolute atomic E-state index is 0.169. The summed E-state index contributed by atoms with van der Waals surface area (Å²) in [5, 5.41) is 1.20. The van der Waals surface area contributed by atoms with Gasteiger partial charge in [-0.15, -0.1) is 0 Å². The van der Waals surface area contributed by atoms with Crippen LogP contribution in [-0.4, -0.2) is 6.61 Å². The van der Waals surface area contributed by atoms with Crippen molar-refractivity contribution in [3.05, 3.63) is 35.6 Å². The molecule has 1 aliphatic heterocycles. The lowest BCUT2D eigenvalue weighted by atomic mass is 10.0. The van der Waals surface area contributed by atoms with Crippen molar-refractivity contribution in [3.8, 4) is 0 Å². The maximum absolute atomic E-state index is 5.78. The smallest absolute Gasteiger partial charge is 0.134 e. The third kappa shape index (κ3) is 1.01. The fourth-order valence-corrected chi connectivity index (χ4v) is 2.16. The second-order valence-corrected chi connectivity index (χ2v) is 3.70. The molecule has 0 saturated heterocycles. The van der Waals surface area contributed by atoms with Crippen molar-refractivity contribution in [2.45, 2.75) is 19.4 Å². The highest BCUT2D eigenvalue weighted by molar-refractivity contribution is 5.82. The van der Waals surface area contributed by atoms with Gasteiger partial charge >= 0.3 is 0 Å². The lowest BCUT2D eigenvalue weighted by Crippen LogP contribution is -2.11. The van der Waals surface area contributed by atoms with Gasteiger partial charge in [0.25, 0.3) is 0 Å². The molecule has 0 saturated carbocycles. The second-order valence-electron chi connectivity index (χ2n) is 3.70. The molecule has 0 aliphatic carbocycles. The molecule has 0 spiro atoms. The van der Waals surface area contributed by atoms with Gasteiger partial charge in [0.2, 0.25) is 0 Å². The van der Waals surface area contributed by atoms with E-state index >= 15 is 0 Å². The first-order chi connectivity index (χ1) is 6.86. The van der Waals surface area contributed by atoms with E-state index in [2.05, 4.69) is 13.0 Å². The number of benzene rings is 1. The zero-order valence-corrected chi connectivity index (χ0v) is 8.12. The first-order valence-electron chi connectivity index (χ1n) is 4.98. The Balaban J connectivity index is 2.34. The molecule has 14 heavy (non-hydrogen) atoms. The molecular weight excluding hydrogens is 176 g/mol. The maximum atomic E-state index is 5.78. The topological polar surface area (TPSA) is 22.4 Å². The van der Waals surface area contributed by atoms with E-state index < -0.39 is 0 Å². The molecule has 2 aromatic rings. The first-order valence-corrected chi connectivity index (χ1v) is 4.98. The first kappa shape index (κ1) is 8.06. The summed E-state index contributed by atoms with van der Waals surface area (Å²) in [6.45, 7) is 2.86. The molecule has 72 valence electrons. The zero-order valence-electron chi connectivity index (χ0n) is 8.12. The summed E-state index contributed by atoms with van der Waals surface area (Å²) in [6, 6.07) is 8.16. The van der Waals surface area contributed by atoms with Gasteiger partial charge in [-0.2, -0.15) is 0 Å². The van der Waals surface area contributed by atoms with Crippen molar-refractivity contribution < 1.29 is 9.15 Å². The highest BCUT2D eigenvalue weighted by Crippen LogP contribution is 2.35. The number of ether oxygens (including phenoxy) is 1. The molecule has 2 heterocycles. The van der Waals surface area contributed by atoms with E-state index in [1.807, 2.05) is 18.2 Å². The number of rotatable bonds is 0. The Kier molecular flexibility index (Phi) is 1.64. The van der Waals surface area contributed by atoms with Gasteiger partial charge in [-0.3, -0.25) is 0 Å². The molecule has 0 bridgehead atoms. The Morgan fingerprint density at radius 3 is 3.07 bits per heavy atom. The lowest BCUT2D eigenvalue weighted by molar-refractivity contribution is 0.0515. The summed E-state index contributed by atoms with van der Waals surface area (Å²) in [6.07, 6.45) is 1.07. The molecule has 1 aromatic heterocycles. The minimum atomic E-state index is 0.169. The van der Waals surface area contributed by atoms with Crippen LogP contribution in [-0.2, 0) is 11.2 Å². The van der Waals surface area contributed by atoms with Crippen LogP contribution in [0.15, 0.2) is 28.7 Å². The van der Waals surface area contributed by atoms with Crippen LogP contribution < -0.4 is 0 Å². The highest BCUT2D eigenvalue weighted by atomic mass is 16.5. The average Bonchev–Trinajstić information content (AvgIpc) is 2.57. The molecule has 2 heteroatoms. The number of fused-ring (bicyclic) bond motifs is 3. The van der Waals surface area contributed by atoms with E-state index in [0.29, 0.717) is 0 Å². The van der Waals surface area contributed by atoms with Gasteiger partial charge in [-0.1, -0.05) is 18.2 Å². The van der Waals surface area contributed by atoms with Gasteiger partial charge in [0, 0.05) is 17.4 Å². The molecule has 0 amide bonds. The summed E-state index contributed by atoms with van der Waals surface area (Å²) in [7, 11) is 0. The van der Waals surface area contributed by atoms with Crippen molar-refractivity contribution in [1.82, 2.24) is 0 Å². The molecule has 1 aromatic carbocycles. The van der Waals surface area contributed by atoms with E-state index in [1.54, 1.807) is 0 Å². The second kappa shape index (κ2) is 2.85. The van der Waals surface area contributed by atoms with Gasteiger partial charge in [0.15, 0.2) is 0 Å². The summed E-state index contributed by atoms with van der Waals surface area (Å²) in [5.41, 5.74) is 2.22. The van der Waals surface area contributed by atoms with E-state index in [0.717, 1.165) is 24.4 Å². The van der Waals surface area contributed by atoms with Crippen LogP contribution in [0.3, 0.4) is 0 Å². The molecule has 1 aliphatic rings. The Hall–Kier alpha value is -1.28. The molecule has 1 atom stereocenters. The number of hydrogen-bond acceptors (Lipinski definition) is 2. The molecule has 0 fully saturated rings. The summed E-state index contributed by atoms with van der Waals surface area (Å²) >= 11 is 0. The Morgan fingerprint density at radius 2 is 2.14 bits per heavy atom. The van der Waals surface area contributed by atoms with Crippen molar-refractivity contribution >= 4 is 11.0 Å². The molecule has 2 nitrogen and oxygen atoms in total. The number of para-hydroxylation sites is 1. The van der Waals surface area contributed by atoms with Crippen LogP contribution in [0.2, 0.25) is 0 Å². The Labute approximate surface area is 82.5 Å². The molecule has 3 rings (SSSR count). The highest BCUT2D eigenvalue weighted by Gasteiger charge is 2.23. The van der Waals surface area contributed by atoms with Crippen molar-refractivity contribution in [1.29, 1.82) is 0 Å². The van der Waals surface area contributed by atoms with Crippen LogP contribution in [0.4, 0.5) is 0 Å². The minimum Gasteiger partial charge on any atom is -0.461 e. The van der Waals surface area contributed by atoms with E-state index in [-0.39, 0.29) is 6.10 Å². The predicted molar refractivity (Wildman–Crippen MR) is 54.3 cm³/mol. The Bertz CT molecular complexity index is 470. The number of furan rings is 1. The lowest BCUT2D eigenvalue weighted by Gasteiger charge is -2.18. The fraction of sp³-hybridized carbons (Fsp3) is 0.333. The van der Waals surface area contributed by atoms with E-state index in [9.17, 15) is 0 Å². The summed E-state index contributed by atoms with van der Waals surface area (Å²) in [4.78, 5) is 0. The monoisotopic (exact) mass is 188 g/mol. The van der Waals surface area contributed by atoms with Gasteiger partial charge in [0.1, 0.15) is 11.3 Å². The molecule has 1 unspecified atom stereocenters. The predicted octanol–water partition coefficient (Wildman–Crippen LogP) is 3.07. The third-order valence-electron chi connectivity index (χ3n) is 2.81.